The third-order valence-corrected chi connectivity index (χ3v) is 4.60. The van der Waals surface area contributed by atoms with Crippen LogP contribution in [0.1, 0.15) is 47.0 Å². The Morgan fingerprint density at radius 1 is 1.47 bits per heavy atom. The summed E-state index contributed by atoms with van der Waals surface area (Å²) in [5, 5.41) is 3.66. The van der Waals surface area contributed by atoms with Gasteiger partial charge in [0, 0.05) is 24.7 Å². The van der Waals surface area contributed by atoms with Crippen LogP contribution in [0.25, 0.3) is 0 Å². The van der Waals surface area contributed by atoms with Crippen LogP contribution >= 0.6 is 0 Å². The molecular weight excluding hydrogens is 184 g/mol. The molecule has 88 valence electrons. The summed E-state index contributed by atoms with van der Waals surface area (Å²) >= 11 is 0. The maximum Gasteiger partial charge on any atom is 0.0261 e. The molecule has 15 heavy (non-hydrogen) atoms. The van der Waals surface area contributed by atoms with E-state index in [-0.39, 0.29) is 0 Å². The molecule has 2 fully saturated rings. The zero-order valence-corrected chi connectivity index (χ0v) is 10.8. The molecule has 2 heteroatoms. The number of rotatable bonds is 3. The van der Waals surface area contributed by atoms with Crippen LogP contribution in [0.15, 0.2) is 0 Å². The van der Waals surface area contributed by atoms with Crippen molar-refractivity contribution in [3.63, 3.8) is 0 Å². The first-order chi connectivity index (χ1) is 6.98. The lowest BCUT2D eigenvalue weighted by molar-refractivity contribution is 0.123. The van der Waals surface area contributed by atoms with Gasteiger partial charge in [0.2, 0.25) is 0 Å². The molecule has 2 saturated heterocycles. The SMILES string of the molecule is CCCC(C)(C)N1CC2NCCC2(C)C1. The van der Waals surface area contributed by atoms with Gasteiger partial charge in [-0.05, 0) is 38.6 Å². The lowest BCUT2D eigenvalue weighted by atomic mass is 9.85. The van der Waals surface area contributed by atoms with E-state index in [1.54, 1.807) is 0 Å². The lowest BCUT2D eigenvalue weighted by Gasteiger charge is -2.36. The number of nitrogens with zero attached hydrogens (tertiary/aromatic N) is 1. The molecule has 0 aromatic rings. The summed E-state index contributed by atoms with van der Waals surface area (Å²) in [6, 6.07) is 0.744. The third kappa shape index (κ3) is 1.94. The Labute approximate surface area is 94.4 Å². The van der Waals surface area contributed by atoms with E-state index in [1.807, 2.05) is 0 Å². The van der Waals surface area contributed by atoms with E-state index in [1.165, 1.54) is 38.9 Å². The zero-order valence-electron chi connectivity index (χ0n) is 10.8. The second-order valence-corrected chi connectivity index (χ2v) is 6.35. The fourth-order valence-corrected chi connectivity index (χ4v) is 3.38. The van der Waals surface area contributed by atoms with Gasteiger partial charge in [-0.25, -0.2) is 0 Å². The molecule has 0 bridgehead atoms. The maximum atomic E-state index is 3.66. The molecule has 2 atom stereocenters. The Bertz CT molecular complexity index is 237. The fraction of sp³-hybridized carbons (Fsp3) is 1.00. The average Bonchev–Trinajstić information content (AvgIpc) is 2.58. The molecule has 2 aliphatic rings. The van der Waals surface area contributed by atoms with Crippen molar-refractivity contribution in [3.8, 4) is 0 Å². The summed E-state index contributed by atoms with van der Waals surface area (Å²) in [7, 11) is 0. The molecule has 2 heterocycles. The first kappa shape index (κ1) is 11.4. The van der Waals surface area contributed by atoms with Gasteiger partial charge in [0.15, 0.2) is 0 Å². The summed E-state index contributed by atoms with van der Waals surface area (Å²) in [4.78, 5) is 2.70. The van der Waals surface area contributed by atoms with E-state index in [2.05, 4.69) is 37.9 Å². The molecule has 0 spiro atoms. The predicted molar refractivity (Wildman–Crippen MR) is 65.1 cm³/mol. The molecule has 0 aliphatic carbocycles. The van der Waals surface area contributed by atoms with Gasteiger partial charge in [-0.1, -0.05) is 20.3 Å². The van der Waals surface area contributed by atoms with E-state index >= 15 is 0 Å². The Morgan fingerprint density at radius 3 is 2.80 bits per heavy atom. The smallest absolute Gasteiger partial charge is 0.0261 e. The minimum atomic E-state index is 0.393. The van der Waals surface area contributed by atoms with E-state index < -0.39 is 0 Å². The second kappa shape index (κ2) is 3.74. The molecule has 2 rings (SSSR count). The number of nitrogens with one attached hydrogen (secondary N) is 1. The number of hydrogen-bond acceptors (Lipinski definition) is 2. The van der Waals surface area contributed by atoms with Crippen molar-refractivity contribution < 1.29 is 0 Å². The van der Waals surface area contributed by atoms with Gasteiger partial charge in [-0.2, -0.15) is 0 Å². The van der Waals surface area contributed by atoms with Gasteiger partial charge in [0.1, 0.15) is 0 Å². The van der Waals surface area contributed by atoms with E-state index in [0.29, 0.717) is 11.0 Å². The normalized spacial score (nSPS) is 37.2. The summed E-state index contributed by atoms with van der Waals surface area (Å²) in [6.45, 7) is 13.3. The number of fused-ring (bicyclic) bond motifs is 1. The van der Waals surface area contributed by atoms with Gasteiger partial charge < -0.3 is 5.32 Å². The molecule has 0 aromatic carbocycles. The fourth-order valence-electron chi connectivity index (χ4n) is 3.38. The van der Waals surface area contributed by atoms with Gasteiger partial charge in [0.05, 0.1) is 0 Å². The van der Waals surface area contributed by atoms with Gasteiger partial charge in [0.25, 0.3) is 0 Å². The molecule has 1 N–H and O–H groups in total. The number of likely N-dealkylation sites (tertiary alicyclic amines) is 1. The molecule has 2 nitrogen and oxygen atoms in total. The summed E-state index contributed by atoms with van der Waals surface area (Å²) < 4.78 is 0. The standard InChI is InChI=1S/C13H26N2/c1-5-6-12(2,3)15-9-11-13(4,10-15)7-8-14-11/h11,14H,5-10H2,1-4H3. The molecule has 0 aromatic heterocycles. The van der Waals surface area contributed by atoms with Crippen molar-refractivity contribution in [1.82, 2.24) is 10.2 Å². The molecule has 2 unspecified atom stereocenters. The minimum absolute atomic E-state index is 0.393. The molecule has 0 amide bonds. The van der Waals surface area contributed by atoms with Crippen molar-refractivity contribution >= 4 is 0 Å². The first-order valence-electron chi connectivity index (χ1n) is 6.46. The Kier molecular flexibility index (Phi) is 2.85. The quantitative estimate of drug-likeness (QED) is 0.768. The maximum absolute atomic E-state index is 3.66. The largest absolute Gasteiger partial charge is 0.312 e. The van der Waals surface area contributed by atoms with Crippen molar-refractivity contribution in [1.29, 1.82) is 0 Å². The summed E-state index contributed by atoms with van der Waals surface area (Å²) in [6.07, 6.45) is 3.96. The van der Waals surface area contributed by atoms with Gasteiger partial charge in [-0.15, -0.1) is 0 Å². The number of hydrogen-bond donors (Lipinski definition) is 1. The Balaban J connectivity index is 2.03. The van der Waals surface area contributed by atoms with Crippen LogP contribution in [0.4, 0.5) is 0 Å². The molecular formula is C13H26N2. The first-order valence-corrected chi connectivity index (χ1v) is 6.46. The van der Waals surface area contributed by atoms with Crippen LogP contribution in [0.3, 0.4) is 0 Å². The van der Waals surface area contributed by atoms with Crippen LogP contribution in [-0.4, -0.2) is 36.1 Å². The van der Waals surface area contributed by atoms with Crippen LogP contribution in [0.5, 0.6) is 0 Å². The summed E-state index contributed by atoms with van der Waals surface area (Å²) in [5.41, 5.74) is 0.939. The average molecular weight is 210 g/mol. The highest BCUT2D eigenvalue weighted by Gasteiger charge is 2.48. The molecule has 2 aliphatic heterocycles. The van der Waals surface area contributed by atoms with Gasteiger partial charge >= 0.3 is 0 Å². The Morgan fingerprint density at radius 2 is 2.20 bits per heavy atom. The monoisotopic (exact) mass is 210 g/mol. The zero-order chi connectivity index (χ0) is 11.1. The lowest BCUT2D eigenvalue weighted by Crippen LogP contribution is -2.44. The molecule has 0 radical (unpaired) electrons. The highest BCUT2D eigenvalue weighted by atomic mass is 15.3. The van der Waals surface area contributed by atoms with Gasteiger partial charge in [-0.3, -0.25) is 4.90 Å². The highest BCUT2D eigenvalue weighted by molar-refractivity contribution is 5.05. The van der Waals surface area contributed by atoms with Crippen LogP contribution in [0, 0.1) is 5.41 Å². The van der Waals surface area contributed by atoms with Crippen molar-refractivity contribution in [2.45, 2.75) is 58.5 Å². The topological polar surface area (TPSA) is 15.3 Å². The van der Waals surface area contributed by atoms with Crippen molar-refractivity contribution in [3.05, 3.63) is 0 Å². The van der Waals surface area contributed by atoms with Crippen LogP contribution < -0.4 is 5.32 Å². The van der Waals surface area contributed by atoms with Crippen LogP contribution in [0.2, 0.25) is 0 Å². The predicted octanol–water partition coefficient (Wildman–Crippen LogP) is 2.25. The Hall–Kier alpha value is -0.0800. The second-order valence-electron chi connectivity index (χ2n) is 6.35. The van der Waals surface area contributed by atoms with Crippen molar-refractivity contribution in [2.24, 2.45) is 5.41 Å². The van der Waals surface area contributed by atoms with Crippen molar-refractivity contribution in [2.75, 3.05) is 19.6 Å². The van der Waals surface area contributed by atoms with E-state index in [0.717, 1.165) is 6.04 Å². The highest BCUT2D eigenvalue weighted by Crippen LogP contribution is 2.40. The van der Waals surface area contributed by atoms with E-state index in [9.17, 15) is 0 Å². The van der Waals surface area contributed by atoms with E-state index in [4.69, 9.17) is 0 Å². The third-order valence-electron chi connectivity index (χ3n) is 4.60. The van der Waals surface area contributed by atoms with Crippen LogP contribution in [-0.2, 0) is 0 Å². The summed E-state index contributed by atoms with van der Waals surface area (Å²) in [5.74, 6) is 0. The minimum Gasteiger partial charge on any atom is -0.312 e. The molecule has 0 saturated carbocycles.